The molecule has 0 bridgehead atoms. The predicted octanol–water partition coefficient (Wildman–Crippen LogP) is 4.21. The zero-order chi connectivity index (χ0) is 13.5. The fourth-order valence-corrected chi connectivity index (χ4v) is 3.06. The molecule has 0 saturated heterocycles. The van der Waals surface area contributed by atoms with E-state index in [0.717, 1.165) is 12.8 Å². The van der Waals surface area contributed by atoms with E-state index in [1.54, 1.807) is 18.2 Å². The quantitative estimate of drug-likeness (QED) is 0.873. The van der Waals surface area contributed by atoms with Gasteiger partial charge in [0, 0.05) is 11.1 Å². The molecular formula is C16H15ClFN. The first kappa shape index (κ1) is 12.6. The van der Waals surface area contributed by atoms with Gasteiger partial charge in [0.25, 0.3) is 0 Å². The van der Waals surface area contributed by atoms with Gasteiger partial charge in [0.15, 0.2) is 0 Å². The van der Waals surface area contributed by atoms with Crippen LogP contribution in [0.1, 0.15) is 29.9 Å². The molecule has 1 aliphatic carbocycles. The van der Waals surface area contributed by atoms with Gasteiger partial charge < -0.3 is 5.73 Å². The molecule has 0 aliphatic heterocycles. The second kappa shape index (κ2) is 4.62. The van der Waals surface area contributed by atoms with Crippen molar-refractivity contribution in [1.82, 2.24) is 0 Å². The minimum absolute atomic E-state index is 0.144. The van der Waals surface area contributed by atoms with Gasteiger partial charge in [0.05, 0.1) is 5.02 Å². The van der Waals surface area contributed by atoms with E-state index in [1.807, 2.05) is 18.2 Å². The summed E-state index contributed by atoms with van der Waals surface area (Å²) in [5.74, 6) is 0.0303. The molecule has 2 N–H and O–H groups in total. The minimum Gasteiger partial charge on any atom is -0.321 e. The van der Waals surface area contributed by atoms with Crippen molar-refractivity contribution in [3.63, 3.8) is 0 Å². The Morgan fingerprint density at radius 3 is 2.42 bits per heavy atom. The van der Waals surface area contributed by atoms with Crippen LogP contribution in [0.5, 0.6) is 0 Å². The first-order valence-corrected chi connectivity index (χ1v) is 6.76. The largest absolute Gasteiger partial charge is 0.321 e. The lowest BCUT2D eigenvalue weighted by Crippen LogP contribution is -2.48. The Labute approximate surface area is 117 Å². The number of rotatable bonds is 2. The van der Waals surface area contributed by atoms with Crippen LogP contribution in [-0.2, 0) is 5.54 Å². The van der Waals surface area contributed by atoms with E-state index in [2.05, 4.69) is 12.1 Å². The Morgan fingerprint density at radius 1 is 1.05 bits per heavy atom. The summed E-state index contributed by atoms with van der Waals surface area (Å²) in [5, 5.41) is 0.144. The molecule has 1 nitrogen and oxygen atoms in total. The molecule has 0 atom stereocenters. The van der Waals surface area contributed by atoms with Gasteiger partial charge in [-0.1, -0.05) is 54.1 Å². The van der Waals surface area contributed by atoms with Gasteiger partial charge in [0.2, 0.25) is 0 Å². The molecule has 98 valence electrons. The highest BCUT2D eigenvalue weighted by Gasteiger charge is 2.44. The summed E-state index contributed by atoms with van der Waals surface area (Å²) < 4.78 is 14.0. The number of hydrogen-bond acceptors (Lipinski definition) is 1. The van der Waals surface area contributed by atoms with E-state index >= 15 is 0 Å². The molecule has 0 aromatic heterocycles. The lowest BCUT2D eigenvalue weighted by molar-refractivity contribution is 0.202. The second-order valence-corrected chi connectivity index (χ2v) is 5.68. The van der Waals surface area contributed by atoms with Gasteiger partial charge in [0.1, 0.15) is 5.82 Å². The maximum absolute atomic E-state index is 14.0. The van der Waals surface area contributed by atoms with E-state index in [0.29, 0.717) is 11.5 Å². The van der Waals surface area contributed by atoms with Gasteiger partial charge >= 0.3 is 0 Å². The number of nitrogens with two attached hydrogens (primary N) is 1. The molecule has 3 heteroatoms. The SMILES string of the molecule is NC1(c2cccc(Cl)c2F)CC(c2ccccc2)C1. The molecule has 0 heterocycles. The number of halogens is 2. The Bertz CT molecular complexity index is 591. The van der Waals surface area contributed by atoms with Crippen molar-refractivity contribution in [1.29, 1.82) is 0 Å². The van der Waals surface area contributed by atoms with Gasteiger partial charge in [-0.15, -0.1) is 0 Å². The summed E-state index contributed by atoms with van der Waals surface area (Å²) in [6.45, 7) is 0. The summed E-state index contributed by atoms with van der Waals surface area (Å²) >= 11 is 5.82. The zero-order valence-corrected chi connectivity index (χ0v) is 11.2. The average molecular weight is 276 g/mol. The predicted molar refractivity (Wildman–Crippen MR) is 75.7 cm³/mol. The second-order valence-electron chi connectivity index (χ2n) is 5.27. The van der Waals surface area contributed by atoms with Crippen molar-refractivity contribution >= 4 is 11.6 Å². The Hall–Kier alpha value is -1.38. The lowest BCUT2D eigenvalue weighted by Gasteiger charge is -2.46. The highest BCUT2D eigenvalue weighted by atomic mass is 35.5. The van der Waals surface area contributed by atoms with Crippen LogP contribution in [0.15, 0.2) is 48.5 Å². The minimum atomic E-state index is -0.588. The fraction of sp³-hybridized carbons (Fsp3) is 0.250. The van der Waals surface area contributed by atoms with Crippen molar-refractivity contribution in [2.45, 2.75) is 24.3 Å². The van der Waals surface area contributed by atoms with Crippen LogP contribution >= 0.6 is 11.6 Å². The molecule has 3 rings (SSSR count). The summed E-state index contributed by atoms with van der Waals surface area (Å²) in [7, 11) is 0. The van der Waals surface area contributed by atoms with E-state index in [9.17, 15) is 4.39 Å². The standard InChI is InChI=1S/C16H15ClFN/c17-14-8-4-7-13(15(14)18)16(19)9-12(10-16)11-5-2-1-3-6-11/h1-8,12H,9-10,19H2. The molecule has 2 aromatic rings. The highest BCUT2D eigenvalue weighted by molar-refractivity contribution is 6.30. The summed E-state index contributed by atoms with van der Waals surface area (Å²) in [6.07, 6.45) is 1.52. The first-order chi connectivity index (χ1) is 9.10. The fourth-order valence-electron chi connectivity index (χ4n) is 2.89. The number of benzene rings is 2. The smallest absolute Gasteiger partial charge is 0.146 e. The molecule has 1 fully saturated rings. The van der Waals surface area contributed by atoms with E-state index in [4.69, 9.17) is 17.3 Å². The third-order valence-electron chi connectivity index (χ3n) is 3.98. The van der Waals surface area contributed by atoms with E-state index in [1.165, 1.54) is 5.56 Å². The zero-order valence-electron chi connectivity index (χ0n) is 10.4. The van der Waals surface area contributed by atoms with Crippen LogP contribution in [0.4, 0.5) is 4.39 Å². The van der Waals surface area contributed by atoms with Crippen LogP contribution < -0.4 is 5.73 Å². The maximum Gasteiger partial charge on any atom is 0.146 e. The molecule has 0 unspecified atom stereocenters. The highest BCUT2D eigenvalue weighted by Crippen LogP contribution is 2.50. The van der Waals surface area contributed by atoms with Crippen LogP contribution in [0.25, 0.3) is 0 Å². The average Bonchev–Trinajstić information content (AvgIpc) is 2.39. The molecule has 0 amide bonds. The van der Waals surface area contributed by atoms with Crippen molar-refractivity contribution in [3.05, 3.63) is 70.5 Å². The van der Waals surface area contributed by atoms with Crippen molar-refractivity contribution < 1.29 is 4.39 Å². The summed E-state index contributed by atoms with van der Waals surface area (Å²) in [5.41, 5.74) is 7.54. The van der Waals surface area contributed by atoms with Crippen molar-refractivity contribution in [2.24, 2.45) is 5.73 Å². The Balaban J connectivity index is 1.83. The Morgan fingerprint density at radius 2 is 1.74 bits per heavy atom. The maximum atomic E-state index is 14.0. The van der Waals surface area contributed by atoms with Crippen LogP contribution in [0.3, 0.4) is 0 Å². The third-order valence-corrected chi connectivity index (χ3v) is 4.27. The molecule has 19 heavy (non-hydrogen) atoms. The van der Waals surface area contributed by atoms with Gasteiger partial charge in [-0.3, -0.25) is 0 Å². The molecule has 2 aromatic carbocycles. The summed E-state index contributed by atoms with van der Waals surface area (Å²) in [4.78, 5) is 0. The monoisotopic (exact) mass is 275 g/mol. The molecule has 0 radical (unpaired) electrons. The normalized spacial score (nSPS) is 25.9. The number of hydrogen-bond donors (Lipinski definition) is 1. The van der Waals surface area contributed by atoms with Gasteiger partial charge in [-0.2, -0.15) is 0 Å². The topological polar surface area (TPSA) is 26.0 Å². The summed E-state index contributed by atoms with van der Waals surface area (Å²) in [6, 6.07) is 15.3. The molecule has 1 saturated carbocycles. The van der Waals surface area contributed by atoms with Gasteiger partial charge in [-0.25, -0.2) is 4.39 Å². The third kappa shape index (κ3) is 2.15. The van der Waals surface area contributed by atoms with E-state index in [-0.39, 0.29) is 10.8 Å². The van der Waals surface area contributed by atoms with Gasteiger partial charge in [-0.05, 0) is 30.4 Å². The lowest BCUT2D eigenvalue weighted by atomic mass is 9.63. The molecular weight excluding hydrogens is 261 g/mol. The van der Waals surface area contributed by atoms with E-state index < -0.39 is 5.54 Å². The molecule has 1 aliphatic rings. The van der Waals surface area contributed by atoms with Crippen molar-refractivity contribution in [3.8, 4) is 0 Å². The van der Waals surface area contributed by atoms with Crippen molar-refractivity contribution in [2.75, 3.05) is 0 Å². The molecule has 0 spiro atoms. The first-order valence-electron chi connectivity index (χ1n) is 6.38. The van der Waals surface area contributed by atoms with Crippen LogP contribution in [-0.4, -0.2) is 0 Å². The Kier molecular flexibility index (Phi) is 3.08. The van der Waals surface area contributed by atoms with Crippen LogP contribution in [0.2, 0.25) is 5.02 Å². The van der Waals surface area contributed by atoms with Crippen LogP contribution in [0, 0.1) is 5.82 Å².